The molecule has 2 aromatic rings. The number of carbonyl (C=O) groups excluding carboxylic acids is 11. The van der Waals surface area contributed by atoms with E-state index in [4.69, 9.17) is 14.1 Å². The maximum Gasteiger partial charge on any atom is 0.246 e. The Kier molecular flexibility index (Phi) is 35.9. The first-order valence-electron chi connectivity index (χ1n) is 35.7. The SMILES string of the molecule is C/C=C/C[C@@H](C)[C@@H](O)[C@H]1C(=O)N[C@@H](CC)C(=O)N(C)CC(=O)N(C)[C@@H]([C@@H](C)OCCC/C=N/OCc2ccc(-c3ccno3)nc2)C(=O)N[C@@H](C(C)C)C(=O)N(C)[C@@H](CC(C)C)C(=O)N[C@@H](C)C(=O)N[C@H](C)C(=O)N(C)[C@@H](CC(C)C)C(=O)N(C)[C@H](CC(C)C)C(=O)N(C)C(C(C)C)C(=O)N1C. The molecule has 3 heterocycles. The Morgan fingerprint density at radius 2 is 1.16 bits per heavy atom. The Hall–Kier alpha value is -8.34. The van der Waals surface area contributed by atoms with Crippen molar-refractivity contribution < 1.29 is 71.9 Å². The number of aliphatic hydroxyl groups is 1. The number of hydrogen-bond acceptors (Lipinski definition) is 18. The highest BCUT2D eigenvalue weighted by molar-refractivity contribution is 5.99. The molecule has 0 aromatic carbocycles. The fourth-order valence-corrected chi connectivity index (χ4v) is 12.2. The second-order valence-corrected chi connectivity index (χ2v) is 29.1. The Bertz CT molecular complexity index is 3140. The van der Waals surface area contributed by atoms with Crippen LogP contribution in [-0.2, 0) is 68.9 Å². The number of carbonyl (C=O) groups is 11. The Morgan fingerprint density at radius 1 is 0.608 bits per heavy atom. The molecule has 1 aliphatic heterocycles. The minimum atomic E-state index is -1.66. The molecule has 29 nitrogen and oxygen atoms in total. The first-order valence-corrected chi connectivity index (χ1v) is 35.7. The fourth-order valence-electron chi connectivity index (χ4n) is 12.2. The van der Waals surface area contributed by atoms with Gasteiger partial charge < -0.3 is 74.8 Å². The van der Waals surface area contributed by atoms with Gasteiger partial charge in [-0.05, 0) is 114 Å². The molecule has 1 saturated heterocycles. The molecule has 1 unspecified atom stereocenters. The largest absolute Gasteiger partial charge is 0.391 e. The number of likely N-dealkylation sites (N-methyl/N-ethyl adjacent to an activating group) is 7. The molecular formula is C73H120N14O15. The molecule has 572 valence electrons. The first-order chi connectivity index (χ1) is 47.7. The number of ether oxygens (including phenoxy) is 1. The highest BCUT2D eigenvalue weighted by Gasteiger charge is 2.46. The summed E-state index contributed by atoms with van der Waals surface area (Å²) in [5.41, 5.74) is 1.36. The number of oxime groups is 1. The molecule has 0 bridgehead atoms. The second-order valence-electron chi connectivity index (χ2n) is 29.1. The van der Waals surface area contributed by atoms with Crippen LogP contribution in [0.25, 0.3) is 11.5 Å². The number of nitrogens with one attached hydrogen (secondary N) is 4. The highest BCUT2D eigenvalue weighted by atomic mass is 16.6. The topological polar surface area (TPSA) is 349 Å². The molecule has 3 rings (SSSR count). The standard InChI is InChI=1S/C73H120N14O15/c1-24-26-29-47(13)63(89)62-67(93)79-52(25-2)69(95)81(17)40-58(88)85(21)61(50(16)100-35-28-27-33-75-101-41-51-30-31-53(74-39-51)57-32-34-76-102-57)66(92)80-59(45(9)10)72(98)82(18)54(36-42(3)4)65(91)77-48(14)64(90)78-49(15)68(94)83(19)55(37-43(5)6)70(96)84(20)56(38-44(7)8)71(97)86(22)60(46(11)12)73(99)87(62)23/h24,26,30-34,39,42-50,52,54-56,59-63,89H,25,27-29,35-38,40-41H2,1-23H3,(H,77,91)(H,78,90)(H,79,93)(H,80,92)/b26-24+,75-33+/t47-,48+,49-,50-,52+,54+,55+,56-,59+,60?,61+,62+,63-/m1/s1. The minimum absolute atomic E-state index is 0.0277. The highest BCUT2D eigenvalue weighted by Crippen LogP contribution is 2.26. The summed E-state index contributed by atoms with van der Waals surface area (Å²) in [6.07, 6.45) is 7.05. The number of aliphatic hydroxyl groups excluding tert-OH is 1. The van der Waals surface area contributed by atoms with Crippen LogP contribution in [0.3, 0.4) is 0 Å². The molecule has 13 atom stereocenters. The summed E-state index contributed by atoms with van der Waals surface area (Å²) < 4.78 is 11.4. The summed E-state index contributed by atoms with van der Waals surface area (Å²) in [5, 5.41) is 31.0. The predicted octanol–water partition coefficient (Wildman–Crippen LogP) is 4.66. The van der Waals surface area contributed by atoms with Crippen LogP contribution in [0.4, 0.5) is 0 Å². The number of rotatable bonds is 23. The number of hydrogen-bond donors (Lipinski definition) is 5. The molecular weight excluding hydrogens is 1310 g/mol. The summed E-state index contributed by atoms with van der Waals surface area (Å²) in [6, 6.07) is -7.85. The van der Waals surface area contributed by atoms with Crippen LogP contribution in [0.2, 0.25) is 0 Å². The zero-order valence-electron chi connectivity index (χ0n) is 64.7. The van der Waals surface area contributed by atoms with Crippen LogP contribution in [0.15, 0.2) is 52.4 Å². The smallest absolute Gasteiger partial charge is 0.246 e. The lowest BCUT2D eigenvalue weighted by Gasteiger charge is -2.41. The monoisotopic (exact) mass is 1430 g/mol. The van der Waals surface area contributed by atoms with E-state index in [1.165, 1.54) is 89.0 Å². The maximum absolute atomic E-state index is 15.3. The van der Waals surface area contributed by atoms with Gasteiger partial charge >= 0.3 is 0 Å². The molecule has 2 aromatic heterocycles. The van der Waals surface area contributed by atoms with Gasteiger partial charge in [-0.15, -0.1) is 0 Å². The Balaban J connectivity index is 2.22. The van der Waals surface area contributed by atoms with Crippen molar-refractivity contribution >= 4 is 71.2 Å². The van der Waals surface area contributed by atoms with E-state index in [-0.39, 0.29) is 63.1 Å². The predicted molar refractivity (Wildman–Crippen MR) is 387 cm³/mol. The molecule has 1 fully saturated rings. The summed E-state index contributed by atoms with van der Waals surface area (Å²) in [7, 11) is 9.75. The fraction of sp³-hybridized carbons (Fsp3) is 0.699. The van der Waals surface area contributed by atoms with E-state index in [2.05, 4.69) is 36.6 Å². The van der Waals surface area contributed by atoms with Crippen molar-refractivity contribution in [1.29, 1.82) is 0 Å². The zero-order chi connectivity index (χ0) is 77.3. The molecule has 0 radical (unpaired) electrons. The summed E-state index contributed by atoms with van der Waals surface area (Å²) in [5.74, 6) is -9.90. The number of pyridine rings is 1. The van der Waals surface area contributed by atoms with Gasteiger partial charge in [0.1, 0.15) is 72.7 Å². The van der Waals surface area contributed by atoms with Crippen molar-refractivity contribution in [3.63, 3.8) is 0 Å². The third kappa shape index (κ3) is 25.0. The lowest BCUT2D eigenvalue weighted by molar-refractivity contribution is -0.157. The molecule has 0 aliphatic carbocycles. The zero-order valence-corrected chi connectivity index (χ0v) is 64.7. The Morgan fingerprint density at radius 3 is 1.69 bits per heavy atom. The number of unbranched alkanes of at least 4 members (excludes halogenated alkanes) is 1. The van der Waals surface area contributed by atoms with Gasteiger partial charge in [-0.1, -0.05) is 112 Å². The number of aromatic nitrogens is 2. The van der Waals surface area contributed by atoms with E-state index in [1.807, 2.05) is 47.6 Å². The average Bonchev–Trinajstić information content (AvgIpc) is 0.809. The van der Waals surface area contributed by atoms with E-state index in [9.17, 15) is 33.9 Å². The van der Waals surface area contributed by atoms with E-state index >= 15 is 24.0 Å². The van der Waals surface area contributed by atoms with Crippen LogP contribution in [0.1, 0.15) is 161 Å². The van der Waals surface area contributed by atoms with E-state index in [1.54, 1.807) is 92.1 Å². The normalized spacial score (nSPS) is 24.7. The lowest BCUT2D eigenvalue weighted by atomic mass is 9.91. The summed E-state index contributed by atoms with van der Waals surface area (Å²) in [4.78, 5) is 181. The third-order valence-electron chi connectivity index (χ3n) is 18.5. The number of allylic oxidation sites excluding steroid dienone is 2. The van der Waals surface area contributed by atoms with Gasteiger partial charge in [0.25, 0.3) is 0 Å². The van der Waals surface area contributed by atoms with Crippen LogP contribution >= 0.6 is 0 Å². The number of nitrogens with zero attached hydrogens (tertiary/aromatic N) is 10. The van der Waals surface area contributed by atoms with Gasteiger partial charge in [0.2, 0.25) is 65.0 Å². The second kappa shape index (κ2) is 41.7. The average molecular weight is 1430 g/mol. The maximum atomic E-state index is 15.3. The molecule has 0 spiro atoms. The number of amides is 11. The van der Waals surface area contributed by atoms with Gasteiger partial charge in [-0.25, -0.2) is 0 Å². The van der Waals surface area contributed by atoms with Crippen molar-refractivity contribution in [3.05, 3.63) is 48.3 Å². The van der Waals surface area contributed by atoms with Crippen molar-refractivity contribution in [1.82, 2.24) is 65.7 Å². The van der Waals surface area contributed by atoms with Gasteiger partial charge in [0, 0.05) is 80.0 Å². The molecule has 102 heavy (non-hydrogen) atoms. The molecule has 11 amide bonds. The molecule has 0 saturated carbocycles. The van der Waals surface area contributed by atoms with Gasteiger partial charge in [-0.2, -0.15) is 0 Å². The van der Waals surface area contributed by atoms with E-state index < -0.39 is 162 Å². The van der Waals surface area contributed by atoms with Crippen LogP contribution < -0.4 is 21.3 Å². The van der Waals surface area contributed by atoms with Crippen molar-refractivity contribution in [2.75, 3.05) is 62.5 Å². The third-order valence-corrected chi connectivity index (χ3v) is 18.5. The van der Waals surface area contributed by atoms with Gasteiger partial charge in [0.15, 0.2) is 5.76 Å². The molecule has 1 aliphatic rings. The minimum Gasteiger partial charge on any atom is -0.391 e. The van der Waals surface area contributed by atoms with Crippen LogP contribution in [0.5, 0.6) is 0 Å². The summed E-state index contributed by atoms with van der Waals surface area (Å²) >= 11 is 0. The van der Waals surface area contributed by atoms with Crippen molar-refractivity contribution in [2.45, 2.75) is 235 Å². The quantitative estimate of drug-likeness (QED) is 0.0437. The van der Waals surface area contributed by atoms with Crippen molar-refractivity contribution in [3.8, 4) is 11.5 Å². The lowest BCUT2D eigenvalue weighted by Crippen LogP contribution is -2.63. The van der Waals surface area contributed by atoms with E-state index in [0.717, 1.165) is 20.3 Å². The summed E-state index contributed by atoms with van der Waals surface area (Å²) in [6.45, 7) is 27.1. The van der Waals surface area contributed by atoms with Gasteiger partial charge in [0.05, 0.1) is 24.9 Å². The molecule has 29 heteroatoms. The Labute approximate surface area is 604 Å². The van der Waals surface area contributed by atoms with Gasteiger partial charge in [-0.3, -0.25) is 57.7 Å². The van der Waals surface area contributed by atoms with Crippen LogP contribution in [-0.4, -0.2) is 256 Å². The first kappa shape index (κ1) is 87.9. The molecule has 5 N–H and O–H groups in total. The van der Waals surface area contributed by atoms with Crippen molar-refractivity contribution in [2.24, 2.45) is 40.7 Å². The van der Waals surface area contributed by atoms with E-state index in [0.29, 0.717) is 24.3 Å². The van der Waals surface area contributed by atoms with Crippen LogP contribution in [0, 0.1) is 35.5 Å².